The predicted molar refractivity (Wildman–Crippen MR) is 168 cm³/mol. The van der Waals surface area contributed by atoms with Gasteiger partial charge in [0.1, 0.15) is 11.4 Å². The van der Waals surface area contributed by atoms with Crippen molar-refractivity contribution < 1.29 is 14.3 Å². The fourth-order valence-electron chi connectivity index (χ4n) is 6.40. The second kappa shape index (κ2) is 11.4. The monoisotopic (exact) mass is 559 g/mol. The Labute approximate surface area is 247 Å². The van der Waals surface area contributed by atoms with Gasteiger partial charge in [0.2, 0.25) is 5.60 Å². The first kappa shape index (κ1) is 27.6. The van der Waals surface area contributed by atoms with Crippen molar-refractivity contribution in [3.05, 3.63) is 119 Å². The first-order valence-electron chi connectivity index (χ1n) is 14.9. The maximum absolute atomic E-state index is 13.6. The summed E-state index contributed by atoms with van der Waals surface area (Å²) < 4.78 is 15.5. The lowest BCUT2D eigenvalue weighted by atomic mass is 9.80. The van der Waals surface area contributed by atoms with Crippen LogP contribution in [0.2, 0.25) is 0 Å². The second-order valence-corrected chi connectivity index (χ2v) is 10.7. The molecule has 0 saturated heterocycles. The van der Waals surface area contributed by atoms with Crippen LogP contribution in [-0.4, -0.2) is 28.7 Å². The number of nitrogens with zero attached hydrogens (tertiary/aromatic N) is 3. The number of carbonyl (C=O) groups is 1. The first-order valence-corrected chi connectivity index (χ1v) is 14.9. The third-order valence-corrected chi connectivity index (χ3v) is 8.30. The Morgan fingerprint density at radius 2 is 1.71 bits per heavy atom. The Kier molecular flexibility index (Phi) is 7.46. The third kappa shape index (κ3) is 4.33. The molecule has 0 N–H and O–H groups in total. The number of aromatic nitrogens is 2. The molecule has 0 aliphatic carbocycles. The van der Waals surface area contributed by atoms with Crippen LogP contribution in [-0.2, 0) is 16.9 Å². The zero-order chi connectivity index (χ0) is 29.3. The summed E-state index contributed by atoms with van der Waals surface area (Å²) >= 11 is 0. The average molecular weight is 560 g/mol. The van der Waals surface area contributed by atoms with Crippen LogP contribution in [0.4, 0.5) is 11.4 Å². The smallest absolute Gasteiger partial charge is 0.341 e. The van der Waals surface area contributed by atoms with Crippen LogP contribution in [0.25, 0.3) is 10.9 Å². The van der Waals surface area contributed by atoms with Gasteiger partial charge in [0, 0.05) is 64.5 Å². The standard InChI is InChI=1S/C36H37N3O3/c1-5-8-23-41-32-24-27(39(7-3)26-15-10-9-11-16-26)20-21-30(32)36(34-29(35(40)42-36)18-14-22-37-34)33-25(4)38(6-2)31-19-13-12-17-28(31)33/h9-22,24H,5-8,23H2,1-4H3. The molecule has 3 heterocycles. The molecule has 1 atom stereocenters. The van der Waals surface area contributed by atoms with Crippen molar-refractivity contribution in [2.45, 2.75) is 52.7 Å². The van der Waals surface area contributed by atoms with E-state index in [1.165, 1.54) is 0 Å². The van der Waals surface area contributed by atoms with E-state index in [0.717, 1.165) is 65.0 Å². The maximum Gasteiger partial charge on any atom is 0.341 e. The van der Waals surface area contributed by atoms with Crippen LogP contribution in [0.1, 0.15) is 66.5 Å². The summed E-state index contributed by atoms with van der Waals surface area (Å²) in [5.41, 5.74) is 5.74. The molecule has 2 aromatic heterocycles. The summed E-state index contributed by atoms with van der Waals surface area (Å²) in [6.07, 6.45) is 3.66. The average Bonchev–Trinajstić information content (AvgIpc) is 3.48. The van der Waals surface area contributed by atoms with E-state index in [2.05, 4.69) is 79.6 Å². The summed E-state index contributed by atoms with van der Waals surface area (Å²) in [4.78, 5) is 20.7. The Hall–Kier alpha value is -4.58. The van der Waals surface area contributed by atoms with Crippen molar-refractivity contribution in [3.8, 4) is 5.75 Å². The minimum absolute atomic E-state index is 0.381. The van der Waals surface area contributed by atoms with E-state index in [0.29, 0.717) is 23.6 Å². The van der Waals surface area contributed by atoms with Crippen molar-refractivity contribution in [3.63, 3.8) is 0 Å². The minimum atomic E-state index is -1.28. The number of ether oxygens (including phenoxy) is 2. The molecule has 3 aromatic carbocycles. The number of fused-ring (bicyclic) bond motifs is 2. The lowest BCUT2D eigenvalue weighted by Crippen LogP contribution is -2.32. The zero-order valence-corrected chi connectivity index (χ0v) is 24.8. The van der Waals surface area contributed by atoms with E-state index in [1.54, 1.807) is 18.3 Å². The number of hydrogen-bond donors (Lipinski definition) is 0. The van der Waals surface area contributed by atoms with Gasteiger partial charge in [0.15, 0.2) is 0 Å². The number of benzene rings is 3. The molecule has 214 valence electrons. The van der Waals surface area contributed by atoms with E-state index in [4.69, 9.17) is 14.5 Å². The lowest BCUT2D eigenvalue weighted by molar-refractivity contribution is 0.0237. The molecule has 0 fully saturated rings. The highest BCUT2D eigenvalue weighted by molar-refractivity contribution is 5.98. The minimum Gasteiger partial charge on any atom is -0.493 e. The molecule has 1 aliphatic heterocycles. The quantitative estimate of drug-likeness (QED) is 0.128. The maximum atomic E-state index is 13.6. The van der Waals surface area contributed by atoms with Crippen molar-refractivity contribution in [1.29, 1.82) is 0 Å². The number of anilines is 2. The molecule has 42 heavy (non-hydrogen) atoms. The number of esters is 1. The highest BCUT2D eigenvalue weighted by atomic mass is 16.6. The van der Waals surface area contributed by atoms with Crippen molar-refractivity contribution in [1.82, 2.24) is 9.55 Å². The summed E-state index contributed by atoms with van der Waals surface area (Å²) in [6.45, 7) is 10.7. The number of rotatable bonds is 10. The van der Waals surface area contributed by atoms with E-state index < -0.39 is 5.60 Å². The number of aryl methyl sites for hydroxylation is 1. The topological polar surface area (TPSA) is 56.6 Å². The van der Waals surface area contributed by atoms with Gasteiger partial charge in [0.25, 0.3) is 0 Å². The fourth-order valence-corrected chi connectivity index (χ4v) is 6.40. The molecule has 0 bridgehead atoms. The predicted octanol–water partition coefficient (Wildman–Crippen LogP) is 8.16. The van der Waals surface area contributed by atoms with Crippen LogP contribution in [0.15, 0.2) is 91.1 Å². The van der Waals surface area contributed by atoms with Gasteiger partial charge in [-0.1, -0.05) is 49.7 Å². The summed E-state index contributed by atoms with van der Waals surface area (Å²) in [5.74, 6) is 0.309. The number of unbranched alkanes of at least 4 members (excludes halogenated alkanes) is 1. The van der Waals surface area contributed by atoms with Crippen LogP contribution >= 0.6 is 0 Å². The summed E-state index contributed by atoms with van der Waals surface area (Å²) in [5, 5.41) is 1.03. The summed E-state index contributed by atoms with van der Waals surface area (Å²) in [7, 11) is 0. The van der Waals surface area contributed by atoms with Gasteiger partial charge in [0.05, 0.1) is 12.2 Å². The highest BCUT2D eigenvalue weighted by Gasteiger charge is 2.54. The zero-order valence-electron chi connectivity index (χ0n) is 24.8. The molecule has 6 heteroatoms. The number of hydrogen-bond acceptors (Lipinski definition) is 5. The molecule has 6 rings (SSSR count). The SMILES string of the molecule is CCCCOc1cc(N(CC)c2ccccc2)ccc1C1(c2c(C)n(CC)c3ccccc23)OC(=O)c2cccnc21. The molecule has 0 radical (unpaired) electrons. The van der Waals surface area contributed by atoms with E-state index in [1.807, 2.05) is 30.3 Å². The number of carbonyl (C=O) groups excluding carboxylic acids is 1. The normalized spacial score (nSPS) is 16.0. The number of pyridine rings is 1. The first-order chi connectivity index (χ1) is 20.5. The molecule has 0 saturated carbocycles. The van der Waals surface area contributed by atoms with Gasteiger partial charge in [-0.3, -0.25) is 4.98 Å². The Morgan fingerprint density at radius 1 is 0.929 bits per heavy atom. The number of para-hydroxylation sites is 2. The Bertz CT molecular complexity index is 1740. The highest BCUT2D eigenvalue weighted by Crippen LogP contribution is 2.53. The van der Waals surface area contributed by atoms with Crippen LogP contribution in [0.3, 0.4) is 0 Å². The largest absolute Gasteiger partial charge is 0.493 e. The van der Waals surface area contributed by atoms with E-state index >= 15 is 0 Å². The van der Waals surface area contributed by atoms with Crippen LogP contribution in [0.5, 0.6) is 5.75 Å². The van der Waals surface area contributed by atoms with Gasteiger partial charge in [-0.25, -0.2) is 4.79 Å². The van der Waals surface area contributed by atoms with Crippen molar-refractivity contribution >= 4 is 28.2 Å². The van der Waals surface area contributed by atoms with Gasteiger partial charge in [-0.15, -0.1) is 0 Å². The van der Waals surface area contributed by atoms with Crippen LogP contribution < -0.4 is 9.64 Å². The molecular formula is C36H37N3O3. The van der Waals surface area contributed by atoms with E-state index in [-0.39, 0.29) is 5.97 Å². The molecule has 1 unspecified atom stereocenters. The van der Waals surface area contributed by atoms with Gasteiger partial charge in [-0.05, 0) is 69.7 Å². The van der Waals surface area contributed by atoms with Crippen LogP contribution in [0, 0.1) is 6.92 Å². The molecule has 5 aromatic rings. The third-order valence-electron chi connectivity index (χ3n) is 8.30. The molecule has 0 amide bonds. The Balaban J connectivity index is 1.66. The second-order valence-electron chi connectivity index (χ2n) is 10.7. The number of cyclic esters (lactones) is 1. The van der Waals surface area contributed by atoms with Crippen molar-refractivity contribution in [2.24, 2.45) is 0 Å². The van der Waals surface area contributed by atoms with E-state index in [9.17, 15) is 4.79 Å². The summed E-state index contributed by atoms with van der Waals surface area (Å²) in [6, 6.07) is 28.5. The van der Waals surface area contributed by atoms with Gasteiger partial charge >= 0.3 is 5.97 Å². The fraction of sp³-hybridized carbons (Fsp3) is 0.278. The Morgan fingerprint density at radius 3 is 2.48 bits per heavy atom. The lowest BCUT2D eigenvalue weighted by Gasteiger charge is -2.32. The molecular weight excluding hydrogens is 522 g/mol. The molecule has 6 nitrogen and oxygen atoms in total. The van der Waals surface area contributed by atoms with Crippen molar-refractivity contribution in [2.75, 3.05) is 18.1 Å². The molecule has 0 spiro atoms. The van der Waals surface area contributed by atoms with Gasteiger partial charge < -0.3 is 18.9 Å². The molecule has 1 aliphatic rings. The van der Waals surface area contributed by atoms with Gasteiger partial charge in [-0.2, -0.15) is 0 Å².